The molecule has 0 saturated heterocycles. The fourth-order valence-corrected chi connectivity index (χ4v) is 2.21. The molecule has 0 unspecified atom stereocenters. The molecule has 0 aliphatic rings. The molecule has 0 fully saturated rings. The van der Waals surface area contributed by atoms with Crippen molar-refractivity contribution in [2.45, 2.75) is 6.54 Å². The summed E-state index contributed by atoms with van der Waals surface area (Å²) in [5.74, 6) is 0. The molecule has 88 valence electrons. The van der Waals surface area contributed by atoms with Gasteiger partial charge in [-0.25, -0.2) is 0 Å². The van der Waals surface area contributed by atoms with Crippen molar-refractivity contribution in [2.24, 2.45) is 0 Å². The van der Waals surface area contributed by atoms with E-state index in [0.29, 0.717) is 0 Å². The molecule has 3 heteroatoms. The van der Waals surface area contributed by atoms with Crippen LogP contribution >= 0.6 is 15.9 Å². The van der Waals surface area contributed by atoms with Gasteiger partial charge in [0, 0.05) is 29.4 Å². The lowest BCUT2D eigenvalue weighted by Gasteiger charge is -2.19. The third kappa shape index (κ3) is 3.24. The third-order valence-electron chi connectivity index (χ3n) is 2.62. The number of rotatable bonds is 3. The SMILES string of the molecule is CN(Cc1cccc(Br)c1)c1cccc(N)c1. The van der Waals surface area contributed by atoms with E-state index >= 15 is 0 Å². The molecule has 2 aromatic rings. The second-order valence-corrected chi connectivity index (χ2v) is 5.00. The smallest absolute Gasteiger partial charge is 0.0426 e. The van der Waals surface area contributed by atoms with Gasteiger partial charge in [0.2, 0.25) is 0 Å². The topological polar surface area (TPSA) is 29.3 Å². The molecule has 0 heterocycles. The molecule has 2 rings (SSSR count). The normalized spacial score (nSPS) is 10.2. The summed E-state index contributed by atoms with van der Waals surface area (Å²) in [6.07, 6.45) is 0. The Balaban J connectivity index is 2.14. The first-order chi connectivity index (χ1) is 8.15. The van der Waals surface area contributed by atoms with Crippen LogP contribution in [0.4, 0.5) is 11.4 Å². The minimum absolute atomic E-state index is 0.795. The molecular formula is C14H15BrN2. The first-order valence-electron chi connectivity index (χ1n) is 5.46. The van der Waals surface area contributed by atoms with E-state index in [2.05, 4.69) is 46.1 Å². The van der Waals surface area contributed by atoms with Gasteiger partial charge in [0.05, 0.1) is 0 Å². The second-order valence-electron chi connectivity index (χ2n) is 4.08. The zero-order valence-corrected chi connectivity index (χ0v) is 11.3. The van der Waals surface area contributed by atoms with Crippen LogP contribution in [0.15, 0.2) is 53.0 Å². The van der Waals surface area contributed by atoms with Gasteiger partial charge in [0.25, 0.3) is 0 Å². The Bertz CT molecular complexity index is 511. The first kappa shape index (κ1) is 12.0. The molecule has 2 aromatic carbocycles. The van der Waals surface area contributed by atoms with Crippen LogP contribution in [-0.4, -0.2) is 7.05 Å². The molecule has 0 saturated carbocycles. The van der Waals surface area contributed by atoms with Crippen molar-refractivity contribution in [2.75, 3.05) is 17.7 Å². The minimum atomic E-state index is 0.795. The Labute approximate surface area is 110 Å². The van der Waals surface area contributed by atoms with Crippen LogP contribution in [0.25, 0.3) is 0 Å². The summed E-state index contributed by atoms with van der Waals surface area (Å²) in [6, 6.07) is 16.2. The number of halogens is 1. The Morgan fingerprint density at radius 2 is 1.88 bits per heavy atom. The highest BCUT2D eigenvalue weighted by Gasteiger charge is 2.02. The third-order valence-corrected chi connectivity index (χ3v) is 3.11. The maximum atomic E-state index is 5.78. The summed E-state index contributed by atoms with van der Waals surface area (Å²) in [7, 11) is 2.07. The maximum absolute atomic E-state index is 5.78. The van der Waals surface area contributed by atoms with Gasteiger partial charge in [0.15, 0.2) is 0 Å². The van der Waals surface area contributed by atoms with Crippen LogP contribution < -0.4 is 10.6 Å². The lowest BCUT2D eigenvalue weighted by atomic mass is 10.2. The number of benzene rings is 2. The summed E-state index contributed by atoms with van der Waals surface area (Å²) in [5.41, 5.74) is 8.97. The molecule has 2 N–H and O–H groups in total. The zero-order valence-electron chi connectivity index (χ0n) is 9.73. The van der Waals surface area contributed by atoms with Crippen molar-refractivity contribution in [1.29, 1.82) is 0 Å². The van der Waals surface area contributed by atoms with E-state index in [1.54, 1.807) is 0 Å². The summed E-state index contributed by atoms with van der Waals surface area (Å²) >= 11 is 3.48. The predicted molar refractivity (Wildman–Crippen MR) is 77.1 cm³/mol. The van der Waals surface area contributed by atoms with Crippen LogP contribution in [0.1, 0.15) is 5.56 Å². The van der Waals surface area contributed by atoms with Crippen molar-refractivity contribution >= 4 is 27.3 Å². The van der Waals surface area contributed by atoms with Crippen molar-refractivity contribution in [3.05, 3.63) is 58.6 Å². The highest BCUT2D eigenvalue weighted by molar-refractivity contribution is 9.10. The second kappa shape index (κ2) is 5.23. The fourth-order valence-electron chi connectivity index (χ4n) is 1.76. The standard InChI is InChI=1S/C14H15BrN2/c1-17(14-7-3-6-13(16)9-14)10-11-4-2-5-12(15)8-11/h2-9H,10,16H2,1H3. The predicted octanol–water partition coefficient (Wildman–Crippen LogP) is 3.67. The van der Waals surface area contributed by atoms with E-state index in [1.165, 1.54) is 5.56 Å². The van der Waals surface area contributed by atoms with Crippen LogP contribution in [-0.2, 0) is 6.54 Å². The molecule has 0 aromatic heterocycles. The van der Waals surface area contributed by atoms with Gasteiger partial charge < -0.3 is 10.6 Å². The van der Waals surface area contributed by atoms with Gasteiger partial charge in [0.1, 0.15) is 0 Å². The Hall–Kier alpha value is -1.48. The van der Waals surface area contributed by atoms with Gasteiger partial charge in [-0.15, -0.1) is 0 Å². The maximum Gasteiger partial charge on any atom is 0.0426 e. The summed E-state index contributed by atoms with van der Waals surface area (Å²) in [5, 5.41) is 0. The van der Waals surface area contributed by atoms with Crippen LogP contribution in [0.5, 0.6) is 0 Å². The highest BCUT2D eigenvalue weighted by atomic mass is 79.9. The van der Waals surface area contributed by atoms with E-state index in [0.717, 1.165) is 22.4 Å². The van der Waals surface area contributed by atoms with E-state index in [1.807, 2.05) is 30.3 Å². The quantitative estimate of drug-likeness (QED) is 0.874. The molecule has 0 spiro atoms. The Morgan fingerprint density at radius 1 is 1.12 bits per heavy atom. The molecule has 0 bridgehead atoms. The molecule has 0 aliphatic heterocycles. The number of hydrogen-bond donors (Lipinski definition) is 1. The van der Waals surface area contributed by atoms with Crippen LogP contribution in [0.2, 0.25) is 0 Å². The van der Waals surface area contributed by atoms with Gasteiger partial charge in [-0.05, 0) is 35.9 Å². The van der Waals surface area contributed by atoms with E-state index in [9.17, 15) is 0 Å². The van der Waals surface area contributed by atoms with Gasteiger partial charge in [-0.2, -0.15) is 0 Å². The number of hydrogen-bond acceptors (Lipinski definition) is 2. The lowest BCUT2D eigenvalue weighted by Crippen LogP contribution is -2.16. The minimum Gasteiger partial charge on any atom is -0.399 e. The van der Waals surface area contributed by atoms with Crippen LogP contribution in [0.3, 0.4) is 0 Å². The number of nitrogens with two attached hydrogens (primary N) is 1. The van der Waals surface area contributed by atoms with Crippen molar-refractivity contribution in [1.82, 2.24) is 0 Å². The van der Waals surface area contributed by atoms with Gasteiger partial charge >= 0.3 is 0 Å². The van der Waals surface area contributed by atoms with Crippen LogP contribution in [0, 0.1) is 0 Å². The molecule has 2 nitrogen and oxygen atoms in total. The Kier molecular flexibility index (Phi) is 3.69. The largest absolute Gasteiger partial charge is 0.399 e. The summed E-state index contributed by atoms with van der Waals surface area (Å²) in [6.45, 7) is 0.864. The molecular weight excluding hydrogens is 276 g/mol. The number of nitrogens with zero attached hydrogens (tertiary/aromatic N) is 1. The van der Waals surface area contributed by atoms with Crippen molar-refractivity contribution in [3.8, 4) is 0 Å². The molecule has 0 atom stereocenters. The molecule has 0 aliphatic carbocycles. The monoisotopic (exact) mass is 290 g/mol. The molecule has 0 amide bonds. The van der Waals surface area contributed by atoms with E-state index in [4.69, 9.17) is 5.73 Å². The zero-order chi connectivity index (χ0) is 12.3. The summed E-state index contributed by atoms with van der Waals surface area (Å²) in [4.78, 5) is 2.18. The summed E-state index contributed by atoms with van der Waals surface area (Å²) < 4.78 is 1.11. The van der Waals surface area contributed by atoms with Crippen molar-refractivity contribution in [3.63, 3.8) is 0 Å². The van der Waals surface area contributed by atoms with E-state index in [-0.39, 0.29) is 0 Å². The van der Waals surface area contributed by atoms with Gasteiger partial charge in [-0.1, -0.05) is 34.1 Å². The first-order valence-corrected chi connectivity index (χ1v) is 6.25. The van der Waals surface area contributed by atoms with E-state index < -0.39 is 0 Å². The average molecular weight is 291 g/mol. The lowest BCUT2D eigenvalue weighted by molar-refractivity contribution is 0.923. The molecule has 0 radical (unpaired) electrons. The molecule has 17 heavy (non-hydrogen) atoms. The van der Waals surface area contributed by atoms with Crippen molar-refractivity contribution < 1.29 is 0 Å². The van der Waals surface area contributed by atoms with Gasteiger partial charge in [-0.3, -0.25) is 0 Å². The Morgan fingerprint density at radius 3 is 2.59 bits per heavy atom. The number of nitrogen functional groups attached to an aromatic ring is 1. The fraction of sp³-hybridized carbons (Fsp3) is 0.143. The highest BCUT2D eigenvalue weighted by Crippen LogP contribution is 2.19. The average Bonchev–Trinajstić information content (AvgIpc) is 2.29. The number of anilines is 2.